The second-order valence-corrected chi connectivity index (χ2v) is 15.9. The van der Waals surface area contributed by atoms with Crippen molar-refractivity contribution in [2.24, 2.45) is 11.5 Å². The Morgan fingerprint density at radius 2 is 0.925 bits per heavy atom. The second kappa shape index (κ2) is 11.1. The molecule has 2 aromatic rings. The summed E-state index contributed by atoms with van der Waals surface area (Å²) in [6.07, 6.45) is 1.21. The molecule has 0 fully saturated rings. The lowest BCUT2D eigenvalue weighted by Crippen LogP contribution is -2.56. The maximum Gasteiger partial charge on any atom is 0.167 e. The highest BCUT2D eigenvalue weighted by molar-refractivity contribution is 5.88. The minimum absolute atomic E-state index is 0.114. The molecule has 0 radical (unpaired) electrons. The third-order valence-corrected chi connectivity index (χ3v) is 7.87. The number of hydrogen-bond donors (Lipinski definition) is 4. The fourth-order valence-electron chi connectivity index (χ4n) is 5.36. The molecule has 2 rings (SSSR count). The summed E-state index contributed by atoms with van der Waals surface area (Å²) in [4.78, 5) is 13.7. The number of ketones is 1. The van der Waals surface area contributed by atoms with E-state index in [4.69, 9.17) is 11.5 Å². The van der Waals surface area contributed by atoms with Crippen molar-refractivity contribution in [1.29, 1.82) is 0 Å². The van der Waals surface area contributed by atoms with Crippen LogP contribution in [0.1, 0.15) is 149 Å². The molecule has 0 aliphatic carbocycles. The molecule has 0 aliphatic rings. The van der Waals surface area contributed by atoms with Crippen molar-refractivity contribution in [3.8, 4) is 11.5 Å². The Hall–Kier alpha value is -2.37. The molecule has 224 valence electrons. The molecule has 0 unspecified atom stereocenters. The van der Waals surface area contributed by atoms with Crippen molar-refractivity contribution in [2.45, 2.75) is 143 Å². The number of benzene rings is 2. The topological polar surface area (TPSA) is 110 Å². The molecular weight excluding hydrogens is 496 g/mol. The number of hydrogen-bond acceptors (Lipinski definition) is 5. The van der Waals surface area contributed by atoms with Gasteiger partial charge in [0.15, 0.2) is 5.78 Å². The van der Waals surface area contributed by atoms with Crippen LogP contribution < -0.4 is 11.5 Å². The van der Waals surface area contributed by atoms with Crippen molar-refractivity contribution in [3.05, 3.63) is 57.6 Å². The maximum atomic E-state index is 13.7. The van der Waals surface area contributed by atoms with Crippen LogP contribution in [-0.4, -0.2) is 21.7 Å². The summed E-state index contributed by atoms with van der Waals surface area (Å²) in [6, 6.07) is 8.16. The van der Waals surface area contributed by atoms with Crippen molar-refractivity contribution in [1.82, 2.24) is 0 Å². The third-order valence-electron chi connectivity index (χ3n) is 7.87. The molecule has 2 aromatic carbocycles. The summed E-state index contributed by atoms with van der Waals surface area (Å²) in [5, 5.41) is 22.8. The minimum atomic E-state index is -1.43. The van der Waals surface area contributed by atoms with E-state index in [1.165, 1.54) is 0 Å². The first-order chi connectivity index (χ1) is 17.8. The van der Waals surface area contributed by atoms with E-state index < -0.39 is 5.66 Å². The van der Waals surface area contributed by atoms with Gasteiger partial charge in [-0.05, 0) is 61.5 Å². The molecule has 5 nitrogen and oxygen atoms in total. The lowest BCUT2D eigenvalue weighted by Gasteiger charge is -2.33. The zero-order chi connectivity index (χ0) is 31.2. The van der Waals surface area contributed by atoms with Gasteiger partial charge in [0.25, 0.3) is 0 Å². The number of carbonyl (C=O) groups excluding carboxylic acids is 1. The van der Waals surface area contributed by atoms with Crippen molar-refractivity contribution in [2.75, 3.05) is 0 Å². The third kappa shape index (κ3) is 7.47. The van der Waals surface area contributed by atoms with E-state index in [9.17, 15) is 15.0 Å². The smallest absolute Gasteiger partial charge is 0.167 e. The van der Waals surface area contributed by atoms with Crippen LogP contribution in [0, 0.1) is 0 Å². The van der Waals surface area contributed by atoms with Crippen LogP contribution in [0.4, 0.5) is 0 Å². The van der Waals surface area contributed by atoms with Crippen molar-refractivity contribution in [3.63, 3.8) is 0 Å². The largest absolute Gasteiger partial charge is 0.507 e. The number of nitrogens with two attached hydrogens (primary N) is 2. The fourth-order valence-corrected chi connectivity index (χ4v) is 5.36. The molecule has 0 aromatic heterocycles. The van der Waals surface area contributed by atoms with Crippen LogP contribution in [0.15, 0.2) is 24.3 Å². The summed E-state index contributed by atoms with van der Waals surface area (Å²) in [5.41, 5.74) is 15.2. The van der Waals surface area contributed by atoms with Crippen molar-refractivity contribution < 1.29 is 15.0 Å². The molecule has 0 spiro atoms. The predicted octanol–water partition coefficient (Wildman–Crippen LogP) is 7.79. The zero-order valence-corrected chi connectivity index (χ0v) is 27.5. The first-order valence-corrected chi connectivity index (χ1v) is 14.7. The number of rotatable bonds is 7. The van der Waals surface area contributed by atoms with Gasteiger partial charge in [0, 0.05) is 12.3 Å². The Kier molecular flexibility index (Phi) is 9.42. The maximum absolute atomic E-state index is 13.7. The number of Topliss-reactive ketones (excluding diaryl/α,β-unsaturated/α-hetero) is 1. The van der Waals surface area contributed by atoms with Crippen LogP contribution in [-0.2, 0) is 26.5 Å². The van der Waals surface area contributed by atoms with E-state index in [0.717, 1.165) is 33.4 Å². The van der Waals surface area contributed by atoms with E-state index in [2.05, 4.69) is 83.1 Å². The average molecular weight is 553 g/mol. The lowest BCUT2D eigenvalue weighted by molar-refractivity contribution is -0.124. The Bertz CT molecular complexity index is 1080. The monoisotopic (exact) mass is 552 g/mol. The second-order valence-electron chi connectivity index (χ2n) is 15.9. The lowest BCUT2D eigenvalue weighted by atomic mass is 9.73. The summed E-state index contributed by atoms with van der Waals surface area (Å²) in [5.74, 6) is 0.0118. The highest BCUT2D eigenvalue weighted by Gasteiger charge is 2.35. The van der Waals surface area contributed by atoms with Gasteiger partial charge in [-0.3, -0.25) is 4.79 Å². The van der Waals surface area contributed by atoms with Gasteiger partial charge in [0.2, 0.25) is 0 Å². The van der Waals surface area contributed by atoms with Crippen LogP contribution in [0.2, 0.25) is 0 Å². The van der Waals surface area contributed by atoms with Crippen LogP contribution >= 0.6 is 0 Å². The predicted molar refractivity (Wildman–Crippen MR) is 168 cm³/mol. The van der Waals surface area contributed by atoms with Gasteiger partial charge in [-0.1, -0.05) is 121 Å². The fraction of sp³-hybridized carbons (Fsp3) is 0.629. The quantitative estimate of drug-likeness (QED) is 0.262. The van der Waals surface area contributed by atoms with Gasteiger partial charge < -0.3 is 21.7 Å². The molecule has 0 atom stereocenters. The first-order valence-electron chi connectivity index (χ1n) is 14.7. The molecule has 40 heavy (non-hydrogen) atoms. The van der Waals surface area contributed by atoms with Gasteiger partial charge in [-0.25, -0.2) is 0 Å². The number of phenolic OH excluding ortho intramolecular Hbond substituents is 2. The van der Waals surface area contributed by atoms with Gasteiger partial charge >= 0.3 is 0 Å². The molecule has 5 heteroatoms. The minimum Gasteiger partial charge on any atom is -0.507 e. The van der Waals surface area contributed by atoms with E-state index in [1.54, 1.807) is 0 Å². The Morgan fingerprint density at radius 3 is 1.15 bits per heavy atom. The number of carbonyl (C=O) groups is 1. The van der Waals surface area contributed by atoms with Gasteiger partial charge in [0.05, 0.1) is 0 Å². The van der Waals surface area contributed by atoms with Crippen molar-refractivity contribution >= 4 is 5.78 Å². The van der Waals surface area contributed by atoms with Crippen LogP contribution in [0.25, 0.3) is 0 Å². The van der Waals surface area contributed by atoms with Crippen LogP contribution in [0.3, 0.4) is 0 Å². The number of aromatic hydroxyl groups is 2. The van der Waals surface area contributed by atoms with E-state index in [1.807, 2.05) is 31.2 Å². The summed E-state index contributed by atoms with van der Waals surface area (Å²) >= 11 is 0. The summed E-state index contributed by atoms with van der Waals surface area (Å²) in [7, 11) is 0. The summed E-state index contributed by atoms with van der Waals surface area (Å²) in [6.45, 7) is 27.0. The number of phenols is 2. The van der Waals surface area contributed by atoms with Gasteiger partial charge in [0.1, 0.15) is 17.2 Å². The van der Waals surface area contributed by atoms with E-state index >= 15 is 0 Å². The Morgan fingerprint density at radius 1 is 0.650 bits per heavy atom. The molecule has 0 aliphatic heterocycles. The van der Waals surface area contributed by atoms with Gasteiger partial charge in [-0.15, -0.1) is 0 Å². The molecular formula is C35H56N2O3. The molecule has 0 bridgehead atoms. The standard InChI is InChI=1S/C35H56N2O3/c1-14-15-35(36,37)28(38)20-23(21-16-24(31(2,3)4)29(39)25(17-21)32(5,6)7)22-18-26(33(8,9)10)30(40)27(19-22)34(11,12)13/h16-19,23,39-40H,14-15,20,36-37H2,1-13H3. The highest BCUT2D eigenvalue weighted by atomic mass is 16.3. The molecule has 0 heterocycles. The van der Waals surface area contributed by atoms with Gasteiger partial charge in [-0.2, -0.15) is 0 Å². The first kappa shape index (κ1) is 33.8. The van der Waals surface area contributed by atoms with E-state index in [0.29, 0.717) is 24.3 Å². The normalized spacial score (nSPS) is 13.7. The molecule has 6 N–H and O–H groups in total. The van der Waals surface area contributed by atoms with E-state index in [-0.39, 0.29) is 39.8 Å². The average Bonchev–Trinajstić information content (AvgIpc) is 2.74. The highest BCUT2D eigenvalue weighted by Crippen LogP contribution is 2.46. The SMILES string of the molecule is CCCC(N)(N)C(=O)CC(c1cc(C(C)(C)C)c(O)c(C(C)(C)C)c1)c1cc(C(C)(C)C)c(O)c(C(C)(C)C)c1. The zero-order valence-electron chi connectivity index (χ0n) is 27.5. The Labute approximate surface area is 243 Å². The Balaban J connectivity index is 3.05. The summed E-state index contributed by atoms with van der Waals surface area (Å²) < 4.78 is 0. The molecule has 0 saturated carbocycles. The van der Waals surface area contributed by atoms with Crippen LogP contribution in [0.5, 0.6) is 11.5 Å². The molecule has 0 saturated heterocycles. The molecule has 0 amide bonds.